The van der Waals surface area contributed by atoms with Crippen molar-refractivity contribution < 1.29 is 5.11 Å². The van der Waals surface area contributed by atoms with E-state index in [9.17, 15) is 5.11 Å². The summed E-state index contributed by atoms with van der Waals surface area (Å²) in [5.74, 6) is 0.304. The van der Waals surface area contributed by atoms with E-state index in [2.05, 4.69) is 54.9 Å². The molecule has 0 bridgehead atoms. The Kier molecular flexibility index (Phi) is 6.33. The van der Waals surface area contributed by atoms with Gasteiger partial charge in [0.25, 0.3) is 0 Å². The molecule has 2 nitrogen and oxygen atoms in total. The van der Waals surface area contributed by atoms with E-state index < -0.39 is 6.10 Å². The second kappa shape index (κ2) is 7.27. The second-order valence-electron chi connectivity index (χ2n) is 5.18. The summed E-state index contributed by atoms with van der Waals surface area (Å²) < 4.78 is 1.12. The van der Waals surface area contributed by atoms with Crippen LogP contribution in [0.5, 0.6) is 0 Å². The molecule has 0 saturated heterocycles. The number of aliphatic hydroxyl groups is 1. The molecule has 1 aromatic carbocycles. The van der Waals surface area contributed by atoms with Gasteiger partial charge in [-0.1, -0.05) is 48.3 Å². The van der Waals surface area contributed by atoms with Crippen LogP contribution < -0.4 is 5.73 Å². The summed E-state index contributed by atoms with van der Waals surface area (Å²) >= 11 is 3.59. The minimum absolute atomic E-state index is 0.110. The maximum absolute atomic E-state index is 10.1. The van der Waals surface area contributed by atoms with E-state index in [4.69, 9.17) is 5.73 Å². The van der Waals surface area contributed by atoms with Gasteiger partial charge in [-0.25, -0.2) is 0 Å². The quantitative estimate of drug-likeness (QED) is 0.840. The van der Waals surface area contributed by atoms with Gasteiger partial charge in [0.2, 0.25) is 0 Å². The van der Waals surface area contributed by atoms with Gasteiger partial charge in [0.1, 0.15) is 0 Å². The predicted octanol–water partition coefficient (Wildman–Crippen LogP) is 3.74. The molecule has 0 aliphatic heterocycles. The number of aryl methyl sites for hydroxylation is 1. The molecule has 0 aromatic heterocycles. The van der Waals surface area contributed by atoms with Gasteiger partial charge in [-0.2, -0.15) is 0 Å². The summed E-state index contributed by atoms with van der Waals surface area (Å²) in [6, 6.07) is 6.24. The molecule has 18 heavy (non-hydrogen) atoms. The standard InChI is InChI=1S/C15H24BrNO/c1-4-5-14(17)15(18)9-11(3)12-7-6-10(2)8-13(12)16/h6-8,11,14-15,18H,4-5,9,17H2,1-3H3. The van der Waals surface area contributed by atoms with Gasteiger partial charge in [-0.15, -0.1) is 0 Å². The van der Waals surface area contributed by atoms with Gasteiger partial charge in [0.15, 0.2) is 0 Å². The zero-order chi connectivity index (χ0) is 13.7. The van der Waals surface area contributed by atoms with Gasteiger partial charge in [-0.3, -0.25) is 0 Å². The van der Waals surface area contributed by atoms with Crippen LogP contribution in [0.2, 0.25) is 0 Å². The molecule has 0 fully saturated rings. The molecule has 102 valence electrons. The summed E-state index contributed by atoms with van der Waals surface area (Å²) in [6.07, 6.45) is 2.18. The van der Waals surface area contributed by atoms with E-state index in [1.807, 2.05) is 0 Å². The van der Waals surface area contributed by atoms with E-state index >= 15 is 0 Å². The smallest absolute Gasteiger partial charge is 0.0696 e. The monoisotopic (exact) mass is 313 g/mol. The molecular formula is C15H24BrNO. The third kappa shape index (κ3) is 4.38. The number of benzene rings is 1. The molecule has 3 N–H and O–H groups in total. The number of nitrogens with two attached hydrogens (primary N) is 1. The van der Waals surface area contributed by atoms with Crippen LogP contribution in [0.4, 0.5) is 0 Å². The first-order chi connectivity index (χ1) is 8.45. The lowest BCUT2D eigenvalue weighted by molar-refractivity contribution is 0.124. The normalized spacial score (nSPS) is 16.3. The summed E-state index contributed by atoms with van der Waals surface area (Å²) in [5, 5.41) is 10.1. The number of hydrogen-bond acceptors (Lipinski definition) is 2. The fourth-order valence-corrected chi connectivity index (χ4v) is 3.11. The molecule has 0 radical (unpaired) electrons. The Morgan fingerprint density at radius 2 is 2.06 bits per heavy atom. The van der Waals surface area contributed by atoms with Crippen molar-refractivity contribution in [2.24, 2.45) is 5.73 Å². The van der Waals surface area contributed by atoms with Crippen molar-refractivity contribution >= 4 is 15.9 Å². The molecule has 0 heterocycles. The lowest BCUT2D eigenvalue weighted by atomic mass is 9.91. The fourth-order valence-electron chi connectivity index (χ4n) is 2.22. The van der Waals surface area contributed by atoms with E-state index in [0.29, 0.717) is 12.3 Å². The molecule has 0 amide bonds. The first-order valence-corrected chi connectivity index (χ1v) is 7.44. The molecule has 1 rings (SSSR count). The average Bonchev–Trinajstić information content (AvgIpc) is 2.28. The number of hydrogen-bond donors (Lipinski definition) is 2. The maximum atomic E-state index is 10.1. The SMILES string of the molecule is CCCC(N)C(O)CC(C)c1ccc(C)cc1Br. The van der Waals surface area contributed by atoms with Gasteiger partial charge in [-0.05, 0) is 42.9 Å². The highest BCUT2D eigenvalue weighted by Gasteiger charge is 2.19. The third-order valence-corrected chi connectivity index (χ3v) is 4.08. The van der Waals surface area contributed by atoms with Crippen molar-refractivity contribution in [1.29, 1.82) is 0 Å². The van der Waals surface area contributed by atoms with Crippen LogP contribution in [0.25, 0.3) is 0 Å². The lowest BCUT2D eigenvalue weighted by Gasteiger charge is -2.22. The number of halogens is 1. The van der Waals surface area contributed by atoms with Crippen molar-refractivity contribution in [2.45, 2.75) is 58.1 Å². The highest BCUT2D eigenvalue weighted by atomic mass is 79.9. The van der Waals surface area contributed by atoms with Crippen LogP contribution in [0.1, 0.15) is 50.2 Å². The summed E-state index contributed by atoms with van der Waals surface area (Å²) in [5.41, 5.74) is 8.43. The second-order valence-corrected chi connectivity index (χ2v) is 6.04. The largest absolute Gasteiger partial charge is 0.391 e. The van der Waals surface area contributed by atoms with Crippen molar-refractivity contribution in [2.75, 3.05) is 0 Å². The maximum Gasteiger partial charge on any atom is 0.0696 e. The minimum Gasteiger partial charge on any atom is -0.391 e. The van der Waals surface area contributed by atoms with Crippen LogP contribution in [-0.4, -0.2) is 17.3 Å². The van der Waals surface area contributed by atoms with Gasteiger partial charge in [0, 0.05) is 10.5 Å². The Balaban J connectivity index is 2.67. The van der Waals surface area contributed by atoms with Crippen molar-refractivity contribution in [1.82, 2.24) is 0 Å². The van der Waals surface area contributed by atoms with Crippen LogP contribution in [0.15, 0.2) is 22.7 Å². The van der Waals surface area contributed by atoms with E-state index in [0.717, 1.165) is 17.3 Å². The highest BCUT2D eigenvalue weighted by Crippen LogP contribution is 2.29. The van der Waals surface area contributed by atoms with Gasteiger partial charge < -0.3 is 10.8 Å². The molecule has 0 aliphatic rings. The molecule has 1 aromatic rings. The van der Waals surface area contributed by atoms with Crippen LogP contribution >= 0.6 is 15.9 Å². The van der Waals surface area contributed by atoms with Crippen molar-refractivity contribution in [3.63, 3.8) is 0 Å². The summed E-state index contributed by atoms with van der Waals surface area (Å²) in [7, 11) is 0. The van der Waals surface area contributed by atoms with Crippen LogP contribution in [0.3, 0.4) is 0 Å². The van der Waals surface area contributed by atoms with E-state index in [-0.39, 0.29) is 6.04 Å². The Morgan fingerprint density at radius 3 is 2.61 bits per heavy atom. The number of aliphatic hydroxyl groups excluding tert-OH is 1. The molecule has 3 unspecified atom stereocenters. The van der Waals surface area contributed by atoms with E-state index in [1.165, 1.54) is 11.1 Å². The molecule has 0 spiro atoms. The lowest BCUT2D eigenvalue weighted by Crippen LogP contribution is -2.35. The van der Waals surface area contributed by atoms with Gasteiger partial charge in [0.05, 0.1) is 6.10 Å². The summed E-state index contributed by atoms with van der Waals surface area (Å²) in [6.45, 7) is 6.30. The third-order valence-electron chi connectivity index (χ3n) is 3.40. The topological polar surface area (TPSA) is 46.2 Å². The molecular weight excluding hydrogens is 290 g/mol. The Hall–Kier alpha value is -0.380. The fraction of sp³-hybridized carbons (Fsp3) is 0.600. The molecule has 0 saturated carbocycles. The predicted molar refractivity (Wildman–Crippen MR) is 80.8 cm³/mol. The van der Waals surface area contributed by atoms with E-state index in [1.54, 1.807) is 0 Å². The zero-order valence-corrected chi connectivity index (χ0v) is 13.1. The highest BCUT2D eigenvalue weighted by molar-refractivity contribution is 9.10. The minimum atomic E-state index is -0.423. The Morgan fingerprint density at radius 1 is 1.39 bits per heavy atom. The average molecular weight is 314 g/mol. The zero-order valence-electron chi connectivity index (χ0n) is 11.5. The van der Waals surface area contributed by atoms with Crippen LogP contribution in [0, 0.1) is 6.92 Å². The van der Waals surface area contributed by atoms with Crippen molar-refractivity contribution in [3.8, 4) is 0 Å². The molecule has 3 heteroatoms. The molecule has 3 atom stereocenters. The molecule has 0 aliphatic carbocycles. The van der Waals surface area contributed by atoms with Gasteiger partial charge >= 0.3 is 0 Å². The Labute approximate surface area is 119 Å². The Bertz CT molecular complexity index is 381. The first kappa shape index (κ1) is 15.7. The van der Waals surface area contributed by atoms with Crippen LogP contribution in [-0.2, 0) is 0 Å². The first-order valence-electron chi connectivity index (χ1n) is 6.65. The summed E-state index contributed by atoms with van der Waals surface area (Å²) in [4.78, 5) is 0. The number of rotatable bonds is 6. The van der Waals surface area contributed by atoms with Crippen molar-refractivity contribution in [3.05, 3.63) is 33.8 Å².